The van der Waals surface area contributed by atoms with Crippen LogP contribution in [0.4, 0.5) is 40.6 Å². The number of anilines is 7. The van der Waals surface area contributed by atoms with Crippen molar-refractivity contribution in [3.05, 3.63) is 341 Å². The minimum Gasteiger partial charge on any atom is -0.382 e. The molecule has 13 N–H and O–H groups in total. The van der Waals surface area contributed by atoms with Crippen LogP contribution < -0.4 is 50.0 Å². The molecule has 0 fully saturated rings. The van der Waals surface area contributed by atoms with E-state index in [0.717, 1.165) is 139 Å². The molecule has 1 amide bonds. The van der Waals surface area contributed by atoms with Gasteiger partial charge in [-0.1, -0.05) is 140 Å². The van der Waals surface area contributed by atoms with E-state index in [1.54, 1.807) is 61.4 Å². The van der Waals surface area contributed by atoms with Crippen molar-refractivity contribution in [2.75, 3.05) is 38.9 Å². The molecule has 11 aromatic heterocycles. The number of carbonyl (C=O) groups is 1. The van der Waals surface area contributed by atoms with Crippen LogP contribution >= 0.6 is 0 Å². The lowest BCUT2D eigenvalue weighted by Crippen LogP contribution is -2.18. The average Bonchev–Trinajstić information content (AvgIpc) is 1.09. The third-order valence-electron chi connectivity index (χ3n) is 19.5. The van der Waals surface area contributed by atoms with Gasteiger partial charge in [0.15, 0.2) is 5.82 Å². The summed E-state index contributed by atoms with van der Waals surface area (Å²) in [4.78, 5) is 105. The van der Waals surface area contributed by atoms with Crippen LogP contribution in [0, 0.1) is 0 Å². The summed E-state index contributed by atoms with van der Waals surface area (Å²) in [5, 5.41) is 4.89. The number of amides is 1. The van der Waals surface area contributed by atoms with Gasteiger partial charge in [0.05, 0.1) is 99.7 Å². The number of aryl methyl sites for hydroxylation is 1. The first kappa shape index (κ1) is 74.1. The molecule has 0 saturated heterocycles. The monoisotopic (exact) mass is 1520 g/mol. The molecular weight excluding hydrogens is 1450 g/mol. The van der Waals surface area contributed by atoms with Crippen LogP contribution in [0.1, 0.15) is 46.1 Å². The Morgan fingerprint density at radius 3 is 1.50 bits per heavy atom. The van der Waals surface area contributed by atoms with E-state index in [2.05, 4.69) is 108 Å². The zero-order valence-corrected chi connectivity index (χ0v) is 62.3. The van der Waals surface area contributed by atoms with E-state index in [0.29, 0.717) is 69.6 Å². The lowest BCUT2D eigenvalue weighted by atomic mass is 9.97. The van der Waals surface area contributed by atoms with E-state index < -0.39 is 0 Å². The molecule has 3 aliphatic rings. The zero-order valence-electron chi connectivity index (χ0n) is 62.3. The first-order chi connectivity index (χ1) is 56.7. The molecule has 13 heterocycles. The van der Waals surface area contributed by atoms with Gasteiger partial charge in [0, 0.05) is 111 Å². The Hall–Kier alpha value is -16.0. The highest BCUT2D eigenvalue weighted by Crippen LogP contribution is 2.39. The van der Waals surface area contributed by atoms with Gasteiger partial charge < -0.3 is 48.9 Å². The Labute approximate surface area is 664 Å². The number of hydrogen-bond donors (Lipinski definition) is 8. The number of nitrogen functional groups attached to an aromatic ring is 5. The molecule has 1 unspecified atom stereocenters. The largest absolute Gasteiger partial charge is 0.382 e. The maximum atomic E-state index is 12.2. The molecule has 0 saturated carbocycles. The van der Waals surface area contributed by atoms with Crippen molar-refractivity contribution in [3.63, 3.8) is 0 Å². The molecular formula is C90H73N23O3. The molecule has 0 radical (unpaired) electrons. The van der Waals surface area contributed by atoms with Crippen molar-refractivity contribution in [2.24, 2.45) is 0 Å². The lowest BCUT2D eigenvalue weighted by molar-refractivity contribution is -0.116. The number of carbonyl (C=O) groups excluding carboxylic acids is 1. The molecule has 0 spiro atoms. The first-order valence-corrected chi connectivity index (χ1v) is 37.2. The average molecular weight is 1520 g/mol. The van der Waals surface area contributed by atoms with Crippen LogP contribution in [0.5, 0.6) is 0 Å². The van der Waals surface area contributed by atoms with Gasteiger partial charge in [-0.15, -0.1) is 0 Å². The van der Waals surface area contributed by atoms with Gasteiger partial charge in [0.2, 0.25) is 11.5 Å². The summed E-state index contributed by atoms with van der Waals surface area (Å²) in [6, 6.07) is 71.9. The van der Waals surface area contributed by atoms with Crippen LogP contribution in [-0.2, 0) is 37.1 Å². The summed E-state index contributed by atoms with van der Waals surface area (Å²) in [5.74, 6) is 3.05. The zero-order chi connectivity index (χ0) is 79.4. The predicted molar refractivity (Wildman–Crippen MR) is 453 cm³/mol. The van der Waals surface area contributed by atoms with E-state index in [-0.39, 0.29) is 22.8 Å². The van der Waals surface area contributed by atoms with Crippen molar-refractivity contribution in [1.82, 2.24) is 79.7 Å². The van der Waals surface area contributed by atoms with Crippen molar-refractivity contribution in [2.45, 2.75) is 44.7 Å². The van der Waals surface area contributed by atoms with Gasteiger partial charge in [-0.05, 0) is 115 Å². The maximum absolute atomic E-state index is 12.2. The number of fused-ring (bicyclic) bond motifs is 5. The summed E-state index contributed by atoms with van der Waals surface area (Å²) >= 11 is 0. The molecule has 2 aliphatic heterocycles. The highest BCUT2D eigenvalue weighted by atomic mass is 16.2. The number of hydrogen-bond acceptors (Lipinski definition) is 23. The Bertz CT molecular complexity index is 6400. The highest BCUT2D eigenvalue weighted by Gasteiger charge is 2.29. The van der Waals surface area contributed by atoms with Crippen molar-refractivity contribution in [1.29, 1.82) is 0 Å². The molecule has 17 aromatic rings. The lowest BCUT2D eigenvalue weighted by Gasteiger charge is -2.19. The molecule has 116 heavy (non-hydrogen) atoms. The molecule has 1 aliphatic carbocycles. The van der Waals surface area contributed by atoms with Crippen LogP contribution in [0.15, 0.2) is 296 Å². The molecule has 6 aromatic carbocycles. The fraction of sp³-hybridized carbons (Fsp3) is 0.0778. The molecule has 26 nitrogen and oxygen atoms in total. The standard InChI is InChI=1S/C19H16N4O.2C18H13N5O.C18H16N4.C17H15N5/c20-16-11-21-18(19(23-16)12-4-2-1-3-5-12)14-6-8-15-13(10-14)7-9-17(24)22-15;19-15-10-21-17(18(23-15)14-4-1-5-16(24)22-14)12-6-7-13-11(9-12)3-2-8-20-13;19-15-10-22-16(17(23-15)13-4-2-8-21-18(13)24)12-5-6-14-11(9-12)3-1-7-20-14;19-16-11-21-17(18(22-16)12-5-2-1-3-6-12)14-9-13-7-4-8-20-15(13)10-14;18-15-9-20-17(16(21-15)12-5-2-1-3-6-12)22-10-13-7-4-8-19-14(13)11-22/h1-6,8,10-11H,7,9H2,(H2,20,23)(H,22,24);1-10H,(H2,19,23)(H,22,24);1-10H,(H2,19,23)(H,21,24);1-8,11,14H,9-10H2,(H2,19,22);1-9H,10-11H2,(H2,18,21). The van der Waals surface area contributed by atoms with E-state index in [4.69, 9.17) is 28.7 Å². The fourth-order valence-corrected chi connectivity index (χ4v) is 14.1. The number of aromatic nitrogens is 16. The van der Waals surface area contributed by atoms with Crippen molar-refractivity contribution < 1.29 is 4.79 Å². The van der Waals surface area contributed by atoms with Crippen LogP contribution in [0.3, 0.4) is 0 Å². The number of rotatable bonds is 10. The van der Waals surface area contributed by atoms with Gasteiger partial charge in [-0.25, -0.2) is 29.9 Å². The summed E-state index contributed by atoms with van der Waals surface area (Å²) in [6.45, 7) is 1.54. The minimum absolute atomic E-state index is 0.0625. The highest BCUT2D eigenvalue weighted by molar-refractivity contribution is 5.95. The van der Waals surface area contributed by atoms with Crippen LogP contribution in [-0.4, -0.2) is 85.7 Å². The molecule has 20 rings (SSSR count). The first-order valence-electron chi connectivity index (χ1n) is 37.2. The summed E-state index contributed by atoms with van der Waals surface area (Å²) in [6.07, 6.45) is 19.7. The Morgan fingerprint density at radius 2 is 0.879 bits per heavy atom. The van der Waals surface area contributed by atoms with Gasteiger partial charge >= 0.3 is 0 Å². The smallest absolute Gasteiger partial charge is 0.257 e. The normalized spacial score (nSPS) is 12.8. The number of nitrogens with two attached hydrogens (primary N) is 5. The second-order valence-electron chi connectivity index (χ2n) is 27.3. The molecule has 26 heteroatoms. The SMILES string of the molecule is Nc1cnc(-c2ccc3c(c2)CCC(=O)N3)c(-c2ccccc2)n1.Nc1cnc(-c2ccc3ncccc3c2)c(-c2ccc[nH]c2=O)n1.Nc1cnc(-c2ccc3ncccc3c2)c(-c2cccc(=O)[nH]2)n1.Nc1cnc(C2Cc3cccnc3C2)c(-c2ccccc2)n1.Nc1cnc(N2Cc3cccnc3C2)c(-c2ccccc2)n1. The number of nitrogens with zero attached hydrogens (tertiary/aromatic N) is 15. The number of aromatic amines is 2. The van der Waals surface area contributed by atoms with Crippen LogP contribution in [0.25, 0.3) is 112 Å². The number of H-pyrrole nitrogens is 2. The van der Waals surface area contributed by atoms with Gasteiger partial charge in [-0.2, -0.15) is 0 Å². The molecule has 566 valence electrons. The summed E-state index contributed by atoms with van der Waals surface area (Å²) in [7, 11) is 0. The van der Waals surface area contributed by atoms with Gasteiger partial charge in [0.25, 0.3) is 5.56 Å². The topological polar surface area (TPSA) is 409 Å². The summed E-state index contributed by atoms with van der Waals surface area (Å²) < 4.78 is 0. The van der Waals surface area contributed by atoms with E-state index in [1.165, 1.54) is 35.3 Å². The van der Waals surface area contributed by atoms with E-state index in [1.807, 2.05) is 188 Å². The number of pyridine rings is 6. The Balaban J connectivity index is 0.000000109. The van der Waals surface area contributed by atoms with E-state index >= 15 is 0 Å². The fourth-order valence-electron chi connectivity index (χ4n) is 14.1. The quantitative estimate of drug-likeness (QED) is 0.0630. The molecule has 1 atom stereocenters. The summed E-state index contributed by atoms with van der Waals surface area (Å²) in [5.41, 5.74) is 50.5. The number of nitrogens with one attached hydrogen (secondary N) is 3. The Kier molecular flexibility index (Phi) is 21.5. The van der Waals surface area contributed by atoms with E-state index in [9.17, 15) is 14.4 Å². The van der Waals surface area contributed by atoms with Crippen molar-refractivity contribution in [3.8, 4) is 90.2 Å². The van der Waals surface area contributed by atoms with Crippen LogP contribution in [0.2, 0.25) is 0 Å². The Morgan fingerprint density at radius 1 is 0.362 bits per heavy atom. The second kappa shape index (κ2) is 33.7. The van der Waals surface area contributed by atoms with Crippen molar-refractivity contribution >= 4 is 68.3 Å². The van der Waals surface area contributed by atoms with Gasteiger partial charge in [0.1, 0.15) is 46.2 Å². The third kappa shape index (κ3) is 16.8. The maximum Gasteiger partial charge on any atom is 0.257 e. The third-order valence-corrected chi connectivity index (χ3v) is 19.5. The number of benzene rings is 6. The predicted octanol–water partition coefficient (Wildman–Crippen LogP) is 14.2. The minimum atomic E-state index is -0.235. The van der Waals surface area contributed by atoms with Gasteiger partial charge in [-0.3, -0.25) is 54.3 Å². The second-order valence-corrected chi connectivity index (χ2v) is 27.3. The molecule has 0 bridgehead atoms.